The lowest BCUT2D eigenvalue weighted by Crippen LogP contribution is -2.36. The summed E-state index contributed by atoms with van der Waals surface area (Å²) in [6, 6.07) is 0. The van der Waals surface area contributed by atoms with E-state index in [0.717, 1.165) is 49.9 Å². The topological polar surface area (TPSA) is 82.9 Å². The SMILES string of the molecule is CC1CCCC(=NNC(=O)C(=O)NN=C2CCCC(C)C2)C1. The number of carbonyl (C=O) groups excluding carboxylic acids is 2. The molecule has 6 nitrogen and oxygen atoms in total. The van der Waals surface area contributed by atoms with Crippen molar-refractivity contribution in [2.24, 2.45) is 22.0 Å². The van der Waals surface area contributed by atoms with Crippen molar-refractivity contribution in [3.63, 3.8) is 0 Å². The van der Waals surface area contributed by atoms with Gasteiger partial charge in [-0.1, -0.05) is 13.8 Å². The molecular formula is C16H26N4O2. The number of hydrogen-bond donors (Lipinski definition) is 2. The van der Waals surface area contributed by atoms with Gasteiger partial charge in [-0.15, -0.1) is 0 Å². The van der Waals surface area contributed by atoms with Crippen LogP contribution in [0.5, 0.6) is 0 Å². The van der Waals surface area contributed by atoms with E-state index in [1.165, 1.54) is 12.8 Å². The summed E-state index contributed by atoms with van der Waals surface area (Å²) in [5.41, 5.74) is 6.60. The fourth-order valence-electron chi connectivity index (χ4n) is 3.09. The van der Waals surface area contributed by atoms with Gasteiger partial charge in [0.1, 0.15) is 0 Å². The molecule has 6 heteroatoms. The Morgan fingerprint density at radius 3 is 1.64 bits per heavy atom. The second-order valence-corrected chi connectivity index (χ2v) is 6.64. The van der Waals surface area contributed by atoms with Crippen LogP contribution >= 0.6 is 0 Å². The summed E-state index contributed by atoms with van der Waals surface area (Å²) in [4.78, 5) is 23.4. The average Bonchev–Trinajstić information content (AvgIpc) is 2.50. The highest BCUT2D eigenvalue weighted by molar-refractivity contribution is 6.35. The molecule has 2 aliphatic carbocycles. The van der Waals surface area contributed by atoms with Gasteiger partial charge in [-0.05, 0) is 63.2 Å². The normalized spacial score (nSPS) is 29.4. The van der Waals surface area contributed by atoms with Gasteiger partial charge in [0.25, 0.3) is 0 Å². The molecule has 2 aliphatic rings. The number of hydrogen-bond acceptors (Lipinski definition) is 4. The Kier molecular flexibility index (Phi) is 6.10. The summed E-state index contributed by atoms with van der Waals surface area (Å²) < 4.78 is 0. The van der Waals surface area contributed by atoms with Gasteiger partial charge in [-0.25, -0.2) is 10.9 Å². The van der Waals surface area contributed by atoms with Gasteiger partial charge in [0, 0.05) is 11.4 Å². The minimum atomic E-state index is -0.751. The van der Waals surface area contributed by atoms with Crippen molar-refractivity contribution in [2.75, 3.05) is 0 Å². The third-order valence-corrected chi connectivity index (χ3v) is 4.33. The number of carbonyl (C=O) groups is 2. The van der Waals surface area contributed by atoms with E-state index in [9.17, 15) is 9.59 Å². The van der Waals surface area contributed by atoms with Crippen LogP contribution in [0, 0.1) is 11.8 Å². The zero-order valence-electron chi connectivity index (χ0n) is 13.5. The highest BCUT2D eigenvalue weighted by atomic mass is 16.2. The molecule has 122 valence electrons. The number of hydrazone groups is 2. The van der Waals surface area contributed by atoms with Crippen molar-refractivity contribution in [1.29, 1.82) is 0 Å². The lowest BCUT2D eigenvalue weighted by molar-refractivity contribution is -0.139. The molecule has 2 unspecified atom stereocenters. The summed E-state index contributed by atoms with van der Waals surface area (Å²) >= 11 is 0. The van der Waals surface area contributed by atoms with Gasteiger partial charge in [0.15, 0.2) is 0 Å². The van der Waals surface area contributed by atoms with E-state index in [-0.39, 0.29) is 0 Å². The Labute approximate surface area is 131 Å². The third kappa shape index (κ3) is 5.24. The van der Waals surface area contributed by atoms with Crippen LogP contribution in [0.15, 0.2) is 10.2 Å². The van der Waals surface area contributed by atoms with E-state index in [0.29, 0.717) is 11.8 Å². The van der Waals surface area contributed by atoms with E-state index in [1.54, 1.807) is 0 Å². The lowest BCUT2D eigenvalue weighted by Gasteiger charge is -2.19. The van der Waals surface area contributed by atoms with Crippen LogP contribution < -0.4 is 10.9 Å². The van der Waals surface area contributed by atoms with Crippen molar-refractivity contribution >= 4 is 23.2 Å². The first kappa shape index (κ1) is 16.6. The summed E-state index contributed by atoms with van der Waals surface area (Å²) in [5.74, 6) is -0.311. The molecule has 0 spiro atoms. The molecule has 0 aromatic heterocycles. The molecular weight excluding hydrogens is 280 g/mol. The summed E-state index contributed by atoms with van der Waals surface area (Å²) in [7, 11) is 0. The first-order valence-corrected chi connectivity index (χ1v) is 8.25. The summed E-state index contributed by atoms with van der Waals surface area (Å²) in [5, 5.41) is 8.14. The molecule has 0 aromatic rings. The maximum atomic E-state index is 11.7. The molecule has 0 aromatic carbocycles. The van der Waals surface area contributed by atoms with Crippen LogP contribution in [0.2, 0.25) is 0 Å². The smallest absolute Gasteiger partial charge is 0.262 e. The zero-order chi connectivity index (χ0) is 15.9. The van der Waals surface area contributed by atoms with Gasteiger partial charge in [0.2, 0.25) is 0 Å². The maximum absolute atomic E-state index is 11.7. The molecule has 0 radical (unpaired) electrons. The van der Waals surface area contributed by atoms with E-state index < -0.39 is 11.8 Å². The summed E-state index contributed by atoms with van der Waals surface area (Å²) in [6.07, 6.45) is 8.15. The van der Waals surface area contributed by atoms with Gasteiger partial charge in [-0.3, -0.25) is 9.59 Å². The standard InChI is InChI=1S/C16H26N4O2/c1-11-5-3-7-13(9-11)17-19-15(21)16(22)20-18-14-8-4-6-12(2)10-14/h11-12H,3-10H2,1-2H3,(H,19,21)(H,20,22). The number of nitrogens with zero attached hydrogens (tertiary/aromatic N) is 2. The second kappa shape index (κ2) is 8.06. The van der Waals surface area contributed by atoms with Crippen LogP contribution in [0.25, 0.3) is 0 Å². The van der Waals surface area contributed by atoms with Crippen LogP contribution in [0.1, 0.15) is 65.2 Å². The molecule has 2 rings (SSSR count). The molecule has 0 bridgehead atoms. The van der Waals surface area contributed by atoms with Gasteiger partial charge in [-0.2, -0.15) is 10.2 Å². The van der Waals surface area contributed by atoms with Crippen molar-refractivity contribution in [2.45, 2.75) is 65.2 Å². The van der Waals surface area contributed by atoms with Crippen LogP contribution in [0.3, 0.4) is 0 Å². The lowest BCUT2D eigenvalue weighted by atomic mass is 9.89. The first-order chi connectivity index (χ1) is 10.5. The van der Waals surface area contributed by atoms with Crippen molar-refractivity contribution < 1.29 is 9.59 Å². The number of rotatable bonds is 2. The fraction of sp³-hybridized carbons (Fsp3) is 0.750. The third-order valence-electron chi connectivity index (χ3n) is 4.33. The fourth-order valence-corrected chi connectivity index (χ4v) is 3.09. The van der Waals surface area contributed by atoms with Crippen molar-refractivity contribution in [3.8, 4) is 0 Å². The monoisotopic (exact) mass is 306 g/mol. The van der Waals surface area contributed by atoms with E-state index in [2.05, 4.69) is 34.9 Å². The predicted molar refractivity (Wildman–Crippen MR) is 86.4 cm³/mol. The Balaban J connectivity index is 1.78. The number of nitrogens with one attached hydrogen (secondary N) is 2. The molecule has 2 N–H and O–H groups in total. The van der Waals surface area contributed by atoms with E-state index >= 15 is 0 Å². The van der Waals surface area contributed by atoms with Gasteiger partial charge in [0.05, 0.1) is 0 Å². The van der Waals surface area contributed by atoms with Crippen molar-refractivity contribution in [3.05, 3.63) is 0 Å². The Hall–Kier alpha value is -1.72. The Bertz CT molecular complexity index is 441. The quantitative estimate of drug-likeness (QED) is 0.606. The van der Waals surface area contributed by atoms with Gasteiger partial charge >= 0.3 is 11.8 Å². The highest BCUT2D eigenvalue weighted by Gasteiger charge is 2.18. The van der Waals surface area contributed by atoms with Crippen LogP contribution in [0.4, 0.5) is 0 Å². The molecule has 0 saturated heterocycles. The molecule has 2 atom stereocenters. The van der Waals surface area contributed by atoms with E-state index in [1.807, 2.05) is 0 Å². The Morgan fingerprint density at radius 1 is 0.864 bits per heavy atom. The molecule has 2 amide bonds. The molecule has 2 saturated carbocycles. The zero-order valence-corrected chi connectivity index (χ0v) is 13.5. The average molecular weight is 306 g/mol. The second-order valence-electron chi connectivity index (χ2n) is 6.64. The minimum Gasteiger partial charge on any atom is -0.262 e. The largest absolute Gasteiger partial charge is 0.331 e. The maximum Gasteiger partial charge on any atom is 0.331 e. The van der Waals surface area contributed by atoms with Crippen LogP contribution in [-0.4, -0.2) is 23.2 Å². The Morgan fingerprint density at radius 2 is 1.27 bits per heavy atom. The minimum absolute atomic E-state index is 0.595. The van der Waals surface area contributed by atoms with Crippen LogP contribution in [-0.2, 0) is 9.59 Å². The number of amides is 2. The predicted octanol–water partition coefficient (Wildman–Crippen LogP) is 2.35. The van der Waals surface area contributed by atoms with E-state index in [4.69, 9.17) is 0 Å². The highest BCUT2D eigenvalue weighted by Crippen LogP contribution is 2.21. The van der Waals surface area contributed by atoms with Crippen molar-refractivity contribution in [1.82, 2.24) is 10.9 Å². The molecule has 0 heterocycles. The van der Waals surface area contributed by atoms with Gasteiger partial charge < -0.3 is 0 Å². The molecule has 0 aliphatic heterocycles. The molecule has 22 heavy (non-hydrogen) atoms. The molecule has 2 fully saturated rings. The summed E-state index contributed by atoms with van der Waals surface area (Å²) in [6.45, 7) is 4.34. The first-order valence-electron chi connectivity index (χ1n) is 8.25.